The molecule has 30 heavy (non-hydrogen) atoms. The number of carbonyl (C=O) groups is 2. The van der Waals surface area contributed by atoms with E-state index in [0.717, 1.165) is 47.9 Å². The Balaban J connectivity index is 1.82. The minimum Gasteiger partial charge on any atom is -0.352 e. The Morgan fingerprint density at radius 1 is 1.10 bits per heavy atom. The molecule has 2 aromatic rings. The number of aryl methyl sites for hydroxylation is 2. The van der Waals surface area contributed by atoms with Crippen LogP contribution in [0.5, 0.6) is 0 Å². The van der Waals surface area contributed by atoms with Crippen LogP contribution in [0.1, 0.15) is 54.9 Å². The number of hydrogen-bond acceptors (Lipinski definition) is 2. The molecule has 2 aromatic carbocycles. The number of hydrogen-bond donors (Lipinski definition) is 1. The number of amides is 2. The highest BCUT2D eigenvalue weighted by Crippen LogP contribution is 2.22. The second-order valence-corrected chi connectivity index (χ2v) is 8.79. The molecule has 5 heteroatoms. The van der Waals surface area contributed by atoms with E-state index in [1.165, 1.54) is 0 Å². The van der Waals surface area contributed by atoms with Crippen molar-refractivity contribution in [1.29, 1.82) is 0 Å². The minimum absolute atomic E-state index is 0.0716. The summed E-state index contributed by atoms with van der Waals surface area (Å²) in [4.78, 5) is 28.0. The van der Waals surface area contributed by atoms with Crippen LogP contribution < -0.4 is 5.32 Å². The highest BCUT2D eigenvalue weighted by molar-refractivity contribution is 6.31. The quantitative estimate of drug-likeness (QED) is 0.679. The van der Waals surface area contributed by atoms with Gasteiger partial charge >= 0.3 is 0 Å². The lowest BCUT2D eigenvalue weighted by Crippen LogP contribution is -2.50. The van der Waals surface area contributed by atoms with E-state index in [2.05, 4.69) is 5.32 Å². The maximum atomic E-state index is 13.4. The third-order valence-corrected chi connectivity index (χ3v) is 6.38. The molecule has 0 radical (unpaired) electrons. The summed E-state index contributed by atoms with van der Waals surface area (Å²) in [6.45, 7) is 6.15. The van der Waals surface area contributed by atoms with Gasteiger partial charge < -0.3 is 10.2 Å². The van der Waals surface area contributed by atoms with Gasteiger partial charge in [0.1, 0.15) is 6.04 Å². The first-order valence-electron chi connectivity index (χ1n) is 10.7. The average molecular weight is 427 g/mol. The smallest absolute Gasteiger partial charge is 0.242 e. The van der Waals surface area contributed by atoms with Crippen molar-refractivity contribution < 1.29 is 9.59 Å². The molecule has 0 aliphatic heterocycles. The van der Waals surface area contributed by atoms with Crippen molar-refractivity contribution in [3.63, 3.8) is 0 Å². The fraction of sp³-hybridized carbons (Fsp3) is 0.440. The van der Waals surface area contributed by atoms with Crippen LogP contribution in [0.3, 0.4) is 0 Å². The third kappa shape index (κ3) is 5.63. The summed E-state index contributed by atoms with van der Waals surface area (Å²) in [5.41, 5.74) is 4.03. The number of nitrogens with one attached hydrogen (secondary N) is 1. The molecule has 0 saturated heterocycles. The molecule has 0 spiro atoms. The van der Waals surface area contributed by atoms with Gasteiger partial charge in [0.25, 0.3) is 0 Å². The van der Waals surface area contributed by atoms with Crippen LogP contribution in [-0.2, 0) is 22.6 Å². The number of carbonyl (C=O) groups excluding carboxylic acids is 2. The standard InChI is InChI=1S/C25H31ClN2O2/c1-17-12-13-18(2)21(14-17)15-24(29)28(16-20-8-4-7-11-23(20)26)19(3)25(30)27-22-9-5-6-10-22/h4,7-8,11-14,19,22H,5-6,9-10,15-16H2,1-3H3,(H,27,30)/t19-/m1/s1. The van der Waals surface area contributed by atoms with E-state index in [1.807, 2.05) is 63.2 Å². The molecular weight excluding hydrogens is 396 g/mol. The summed E-state index contributed by atoms with van der Waals surface area (Å²) in [6, 6.07) is 13.3. The first-order valence-corrected chi connectivity index (χ1v) is 11.1. The van der Waals surface area contributed by atoms with E-state index in [-0.39, 0.29) is 24.3 Å². The van der Waals surface area contributed by atoms with Crippen molar-refractivity contribution in [3.8, 4) is 0 Å². The zero-order chi connectivity index (χ0) is 21.7. The molecule has 0 aromatic heterocycles. The number of benzene rings is 2. The Bertz CT molecular complexity index is 906. The lowest BCUT2D eigenvalue weighted by molar-refractivity contribution is -0.140. The normalized spacial score (nSPS) is 15.1. The minimum atomic E-state index is -0.570. The molecule has 1 aliphatic carbocycles. The van der Waals surface area contributed by atoms with Crippen LogP contribution in [0.15, 0.2) is 42.5 Å². The first-order chi connectivity index (χ1) is 14.3. The zero-order valence-electron chi connectivity index (χ0n) is 18.1. The second kappa shape index (κ2) is 10.1. The van der Waals surface area contributed by atoms with Gasteiger partial charge in [-0.15, -0.1) is 0 Å². The molecule has 0 bridgehead atoms. The predicted molar refractivity (Wildman–Crippen MR) is 121 cm³/mol. The maximum Gasteiger partial charge on any atom is 0.242 e. The van der Waals surface area contributed by atoms with Gasteiger partial charge in [0.05, 0.1) is 6.42 Å². The lowest BCUT2D eigenvalue weighted by Gasteiger charge is -2.30. The molecule has 2 amide bonds. The number of nitrogens with zero attached hydrogens (tertiary/aromatic N) is 1. The van der Waals surface area contributed by atoms with Crippen LogP contribution in [-0.4, -0.2) is 28.8 Å². The number of rotatable bonds is 7. The molecule has 1 saturated carbocycles. The fourth-order valence-corrected chi connectivity index (χ4v) is 4.24. The predicted octanol–water partition coefficient (Wildman–Crippen LogP) is 4.98. The number of halogens is 1. The van der Waals surface area contributed by atoms with Crippen molar-refractivity contribution in [2.24, 2.45) is 0 Å². The van der Waals surface area contributed by atoms with Crippen LogP contribution in [0.4, 0.5) is 0 Å². The van der Waals surface area contributed by atoms with Crippen molar-refractivity contribution >= 4 is 23.4 Å². The van der Waals surface area contributed by atoms with E-state index >= 15 is 0 Å². The molecule has 3 rings (SSSR count). The molecule has 0 heterocycles. The van der Waals surface area contributed by atoms with Crippen LogP contribution in [0, 0.1) is 13.8 Å². The second-order valence-electron chi connectivity index (χ2n) is 8.39. The van der Waals surface area contributed by atoms with Crippen molar-refractivity contribution in [1.82, 2.24) is 10.2 Å². The van der Waals surface area contributed by atoms with E-state index in [0.29, 0.717) is 11.6 Å². The Hall–Kier alpha value is -2.33. The summed E-state index contributed by atoms with van der Waals surface area (Å²) in [5, 5.41) is 3.74. The van der Waals surface area contributed by atoms with Gasteiger partial charge in [-0.3, -0.25) is 9.59 Å². The Labute approximate surface area is 184 Å². The van der Waals surface area contributed by atoms with E-state index in [4.69, 9.17) is 11.6 Å². The van der Waals surface area contributed by atoms with Gasteiger partial charge in [-0.25, -0.2) is 0 Å². The molecule has 4 nitrogen and oxygen atoms in total. The van der Waals surface area contributed by atoms with Gasteiger partial charge in [-0.05, 0) is 56.4 Å². The average Bonchev–Trinajstić information content (AvgIpc) is 3.22. The molecule has 0 unspecified atom stereocenters. The van der Waals surface area contributed by atoms with Crippen LogP contribution >= 0.6 is 11.6 Å². The molecule has 1 fully saturated rings. The van der Waals surface area contributed by atoms with Gasteiger partial charge in [0.15, 0.2) is 0 Å². The Morgan fingerprint density at radius 2 is 1.80 bits per heavy atom. The van der Waals surface area contributed by atoms with E-state index in [1.54, 1.807) is 4.90 Å². The summed E-state index contributed by atoms with van der Waals surface area (Å²) >= 11 is 6.36. The van der Waals surface area contributed by atoms with Crippen molar-refractivity contribution in [3.05, 3.63) is 69.7 Å². The highest BCUT2D eigenvalue weighted by atomic mass is 35.5. The van der Waals surface area contributed by atoms with E-state index < -0.39 is 6.04 Å². The summed E-state index contributed by atoms with van der Waals surface area (Å²) in [6.07, 6.45) is 4.58. The molecule has 1 N–H and O–H groups in total. The first kappa shape index (κ1) is 22.4. The van der Waals surface area contributed by atoms with Crippen LogP contribution in [0.25, 0.3) is 0 Å². The molecule has 1 aliphatic rings. The highest BCUT2D eigenvalue weighted by Gasteiger charge is 2.29. The van der Waals surface area contributed by atoms with E-state index in [9.17, 15) is 9.59 Å². The van der Waals surface area contributed by atoms with Gasteiger partial charge in [0.2, 0.25) is 11.8 Å². The SMILES string of the molecule is Cc1ccc(C)c(CC(=O)N(Cc2ccccc2Cl)[C@H](C)C(=O)NC2CCCC2)c1. The summed E-state index contributed by atoms with van der Waals surface area (Å²) in [7, 11) is 0. The molecule has 160 valence electrons. The largest absolute Gasteiger partial charge is 0.352 e. The van der Waals surface area contributed by atoms with Crippen molar-refractivity contribution in [2.75, 3.05) is 0 Å². The topological polar surface area (TPSA) is 49.4 Å². The monoisotopic (exact) mass is 426 g/mol. The zero-order valence-corrected chi connectivity index (χ0v) is 18.8. The Kier molecular flexibility index (Phi) is 7.54. The maximum absolute atomic E-state index is 13.4. The van der Waals surface area contributed by atoms with Crippen LogP contribution in [0.2, 0.25) is 5.02 Å². The molecular formula is C25H31ClN2O2. The van der Waals surface area contributed by atoms with Gasteiger partial charge in [0, 0.05) is 17.6 Å². The lowest BCUT2D eigenvalue weighted by atomic mass is 10.0. The van der Waals surface area contributed by atoms with Gasteiger partial charge in [-0.1, -0.05) is 66.4 Å². The molecule has 1 atom stereocenters. The van der Waals surface area contributed by atoms with Crippen molar-refractivity contribution in [2.45, 2.75) is 71.5 Å². The summed E-state index contributed by atoms with van der Waals surface area (Å²) in [5.74, 6) is -0.166. The fourth-order valence-electron chi connectivity index (χ4n) is 4.04. The Morgan fingerprint density at radius 3 is 2.50 bits per heavy atom. The third-order valence-electron chi connectivity index (χ3n) is 6.01. The summed E-state index contributed by atoms with van der Waals surface area (Å²) < 4.78 is 0. The van der Waals surface area contributed by atoms with Gasteiger partial charge in [-0.2, -0.15) is 0 Å².